The zero-order chi connectivity index (χ0) is 21.7. The molecule has 0 aromatic heterocycles. The third-order valence-electron chi connectivity index (χ3n) is 4.20. The summed E-state index contributed by atoms with van der Waals surface area (Å²) < 4.78 is 38.1. The minimum atomic E-state index is -3.91. The summed E-state index contributed by atoms with van der Waals surface area (Å²) in [5, 5.41) is 3.04. The Morgan fingerprint density at radius 3 is 2.27 bits per heavy atom. The molecule has 9 heteroatoms. The van der Waals surface area contributed by atoms with Gasteiger partial charge in [-0.15, -0.1) is 0 Å². The number of anilines is 2. The second kappa shape index (κ2) is 9.06. The number of para-hydroxylation sites is 1. The minimum Gasteiger partial charge on any atom is -0.497 e. The number of hydrogen-bond acceptors (Lipinski definition) is 5. The molecule has 30 heavy (non-hydrogen) atoms. The molecular formula is C21H19ClN2O5S. The monoisotopic (exact) mass is 446 g/mol. The van der Waals surface area contributed by atoms with Crippen LogP contribution in [0.5, 0.6) is 11.5 Å². The van der Waals surface area contributed by atoms with Crippen LogP contribution in [0.3, 0.4) is 0 Å². The number of sulfonamides is 1. The van der Waals surface area contributed by atoms with Crippen molar-refractivity contribution < 1.29 is 22.7 Å². The van der Waals surface area contributed by atoms with Crippen LogP contribution < -0.4 is 19.5 Å². The molecule has 2 N–H and O–H groups in total. The Morgan fingerprint density at radius 2 is 1.63 bits per heavy atom. The number of ether oxygens (including phenoxy) is 2. The molecule has 3 aromatic rings. The quantitative estimate of drug-likeness (QED) is 0.560. The molecule has 0 aliphatic carbocycles. The lowest BCUT2D eigenvalue weighted by Crippen LogP contribution is -2.18. The molecule has 156 valence electrons. The lowest BCUT2D eigenvalue weighted by molar-refractivity contribution is 0.102. The third kappa shape index (κ3) is 4.84. The van der Waals surface area contributed by atoms with Gasteiger partial charge in [-0.25, -0.2) is 8.42 Å². The number of halogens is 1. The summed E-state index contributed by atoms with van der Waals surface area (Å²) in [6.07, 6.45) is 0. The van der Waals surface area contributed by atoms with Crippen LogP contribution in [0.1, 0.15) is 10.4 Å². The molecule has 0 aliphatic rings. The highest BCUT2D eigenvalue weighted by molar-refractivity contribution is 7.92. The lowest BCUT2D eigenvalue weighted by atomic mass is 10.1. The maximum Gasteiger partial charge on any atom is 0.261 e. The number of rotatable bonds is 7. The fraction of sp³-hybridized carbons (Fsp3) is 0.0952. The minimum absolute atomic E-state index is 0.0421. The van der Waals surface area contributed by atoms with E-state index in [1.807, 2.05) is 0 Å². The molecule has 3 rings (SSSR count). The Balaban J connectivity index is 1.84. The first kappa shape index (κ1) is 21.5. The fourth-order valence-electron chi connectivity index (χ4n) is 2.67. The van der Waals surface area contributed by atoms with Crippen molar-refractivity contribution >= 4 is 38.9 Å². The molecule has 1 amide bonds. The van der Waals surface area contributed by atoms with Gasteiger partial charge in [0, 0.05) is 5.69 Å². The van der Waals surface area contributed by atoms with Crippen LogP contribution in [0.25, 0.3) is 0 Å². The summed E-state index contributed by atoms with van der Waals surface area (Å²) in [5.41, 5.74) is 0.741. The topological polar surface area (TPSA) is 93.7 Å². The largest absolute Gasteiger partial charge is 0.497 e. The van der Waals surface area contributed by atoms with Gasteiger partial charge in [-0.1, -0.05) is 23.7 Å². The third-order valence-corrected chi connectivity index (χ3v) is 5.87. The van der Waals surface area contributed by atoms with Crippen molar-refractivity contribution in [3.05, 3.63) is 77.3 Å². The van der Waals surface area contributed by atoms with Gasteiger partial charge in [0.15, 0.2) is 0 Å². The van der Waals surface area contributed by atoms with Crippen LogP contribution in [0.2, 0.25) is 5.02 Å². The molecule has 7 nitrogen and oxygen atoms in total. The van der Waals surface area contributed by atoms with Crippen LogP contribution in [0.4, 0.5) is 11.4 Å². The van der Waals surface area contributed by atoms with Gasteiger partial charge in [-0.3, -0.25) is 9.52 Å². The van der Waals surface area contributed by atoms with Crippen LogP contribution in [-0.4, -0.2) is 28.5 Å². The molecule has 0 spiro atoms. The first-order valence-corrected chi connectivity index (χ1v) is 10.6. The molecule has 3 aromatic carbocycles. The molecule has 0 radical (unpaired) electrons. The van der Waals surface area contributed by atoms with Gasteiger partial charge in [0.25, 0.3) is 15.9 Å². The van der Waals surface area contributed by atoms with Gasteiger partial charge in [0.1, 0.15) is 11.5 Å². The number of nitrogens with one attached hydrogen (secondary N) is 2. The van der Waals surface area contributed by atoms with Crippen LogP contribution in [-0.2, 0) is 10.0 Å². The molecule has 0 fully saturated rings. The van der Waals surface area contributed by atoms with E-state index in [-0.39, 0.29) is 16.1 Å². The highest BCUT2D eigenvalue weighted by atomic mass is 35.5. The van der Waals surface area contributed by atoms with E-state index < -0.39 is 15.9 Å². The molecule has 0 bridgehead atoms. The van der Waals surface area contributed by atoms with Gasteiger partial charge in [0.2, 0.25) is 0 Å². The van der Waals surface area contributed by atoms with Gasteiger partial charge >= 0.3 is 0 Å². The Hall–Kier alpha value is -3.23. The van der Waals surface area contributed by atoms with E-state index in [1.54, 1.807) is 42.5 Å². The van der Waals surface area contributed by atoms with E-state index in [0.717, 1.165) is 0 Å². The molecule has 0 saturated carbocycles. The summed E-state index contributed by atoms with van der Waals surface area (Å²) in [5.74, 6) is 0.512. The average molecular weight is 447 g/mol. The molecule has 0 atom stereocenters. The number of benzene rings is 3. The fourth-order valence-corrected chi connectivity index (χ4v) is 4.01. The molecule has 0 aliphatic heterocycles. The molecule has 0 unspecified atom stereocenters. The van der Waals surface area contributed by atoms with Crippen LogP contribution in [0, 0.1) is 0 Å². The number of carbonyl (C=O) groups is 1. The van der Waals surface area contributed by atoms with Gasteiger partial charge in [-0.05, 0) is 54.6 Å². The number of hydrogen-bond donors (Lipinski definition) is 2. The van der Waals surface area contributed by atoms with Crippen molar-refractivity contribution in [2.75, 3.05) is 24.3 Å². The first-order valence-electron chi connectivity index (χ1n) is 8.75. The normalized spacial score (nSPS) is 10.9. The zero-order valence-electron chi connectivity index (χ0n) is 16.2. The van der Waals surface area contributed by atoms with Crippen LogP contribution in [0.15, 0.2) is 71.6 Å². The first-order chi connectivity index (χ1) is 14.3. The van der Waals surface area contributed by atoms with Crippen molar-refractivity contribution in [1.82, 2.24) is 0 Å². The molecular weight excluding hydrogens is 428 g/mol. The summed E-state index contributed by atoms with van der Waals surface area (Å²) in [4.78, 5) is 12.8. The summed E-state index contributed by atoms with van der Waals surface area (Å²) in [7, 11) is -0.923. The zero-order valence-corrected chi connectivity index (χ0v) is 17.8. The van der Waals surface area contributed by atoms with E-state index in [9.17, 15) is 13.2 Å². The predicted molar refractivity (Wildman–Crippen MR) is 116 cm³/mol. The number of carbonyl (C=O) groups excluding carboxylic acids is 1. The van der Waals surface area contributed by atoms with Crippen molar-refractivity contribution in [2.45, 2.75) is 4.90 Å². The van der Waals surface area contributed by atoms with E-state index in [4.69, 9.17) is 21.1 Å². The maximum absolute atomic E-state index is 12.8. The Labute approximate surface area is 179 Å². The van der Waals surface area contributed by atoms with Crippen LogP contribution >= 0.6 is 11.6 Å². The Kier molecular flexibility index (Phi) is 6.49. The van der Waals surface area contributed by atoms with E-state index in [1.165, 1.54) is 38.5 Å². The summed E-state index contributed by atoms with van der Waals surface area (Å²) >= 11 is 6.09. The second-order valence-corrected chi connectivity index (χ2v) is 8.22. The highest BCUT2D eigenvalue weighted by Crippen LogP contribution is 2.28. The molecule has 0 saturated heterocycles. The SMILES string of the molecule is COc1ccc(S(=O)(=O)Nc2ccccc2C(=O)Nc2ccc(OC)c(Cl)c2)cc1. The van der Waals surface area contributed by atoms with Crippen molar-refractivity contribution in [3.63, 3.8) is 0 Å². The Morgan fingerprint density at radius 1 is 0.933 bits per heavy atom. The Bertz CT molecular complexity index is 1160. The standard InChI is InChI=1S/C21H19ClN2O5S/c1-28-15-8-10-16(11-9-15)30(26,27)24-19-6-4-3-5-17(19)21(25)23-14-7-12-20(29-2)18(22)13-14/h3-13,24H,1-2H3,(H,23,25). The maximum atomic E-state index is 12.8. The van der Waals surface area contributed by atoms with E-state index in [0.29, 0.717) is 22.2 Å². The second-order valence-electron chi connectivity index (χ2n) is 6.13. The van der Waals surface area contributed by atoms with Crippen molar-refractivity contribution in [3.8, 4) is 11.5 Å². The van der Waals surface area contributed by atoms with Crippen molar-refractivity contribution in [1.29, 1.82) is 0 Å². The van der Waals surface area contributed by atoms with E-state index >= 15 is 0 Å². The van der Waals surface area contributed by atoms with Crippen molar-refractivity contribution in [2.24, 2.45) is 0 Å². The van der Waals surface area contributed by atoms with E-state index in [2.05, 4.69) is 10.0 Å². The lowest BCUT2D eigenvalue weighted by Gasteiger charge is -2.13. The number of methoxy groups -OCH3 is 2. The van der Waals surface area contributed by atoms with Gasteiger partial charge in [0.05, 0.1) is 35.4 Å². The highest BCUT2D eigenvalue weighted by Gasteiger charge is 2.19. The average Bonchev–Trinajstić information content (AvgIpc) is 2.74. The summed E-state index contributed by atoms with van der Waals surface area (Å²) in [6.45, 7) is 0. The van der Waals surface area contributed by atoms with Gasteiger partial charge < -0.3 is 14.8 Å². The molecule has 0 heterocycles. The van der Waals surface area contributed by atoms with Gasteiger partial charge in [-0.2, -0.15) is 0 Å². The predicted octanol–water partition coefficient (Wildman–Crippen LogP) is 4.41. The smallest absolute Gasteiger partial charge is 0.261 e. The summed E-state index contributed by atoms with van der Waals surface area (Å²) in [6, 6.07) is 17.0. The number of amides is 1.